The summed E-state index contributed by atoms with van der Waals surface area (Å²) in [5.74, 6) is -0.571. The number of carbonyl (C=O) groups excluding carboxylic acids is 2. The van der Waals surface area contributed by atoms with Crippen LogP contribution in [0.15, 0.2) is 17.8 Å². The van der Waals surface area contributed by atoms with E-state index >= 15 is 0 Å². The van der Waals surface area contributed by atoms with Gasteiger partial charge >= 0.3 is 5.97 Å². The molecule has 1 aromatic heterocycles. The molecule has 6 nitrogen and oxygen atoms in total. The molecule has 1 aliphatic rings. The van der Waals surface area contributed by atoms with E-state index in [1.807, 2.05) is 25.2 Å². The molecule has 2 heterocycles. The van der Waals surface area contributed by atoms with Crippen molar-refractivity contribution in [1.29, 1.82) is 0 Å². The van der Waals surface area contributed by atoms with E-state index in [1.165, 1.54) is 6.07 Å². The topological polar surface area (TPSA) is 64.4 Å². The Morgan fingerprint density at radius 2 is 2.32 bits per heavy atom. The molecule has 0 saturated heterocycles. The number of esters is 1. The van der Waals surface area contributed by atoms with E-state index in [9.17, 15) is 9.59 Å². The van der Waals surface area contributed by atoms with Crippen LogP contribution in [0.5, 0.6) is 0 Å². The van der Waals surface area contributed by atoms with Crippen LogP contribution in [0.4, 0.5) is 0 Å². The van der Waals surface area contributed by atoms with Gasteiger partial charge in [0.1, 0.15) is 5.69 Å². The van der Waals surface area contributed by atoms with E-state index in [0.29, 0.717) is 25.3 Å². The molecule has 19 heavy (non-hydrogen) atoms. The fraction of sp³-hybridized carbons (Fsp3) is 0.462. The Morgan fingerprint density at radius 1 is 1.58 bits per heavy atom. The molecule has 0 radical (unpaired) electrons. The summed E-state index contributed by atoms with van der Waals surface area (Å²) in [6.45, 7) is 2.62. The Labute approximate surface area is 111 Å². The van der Waals surface area contributed by atoms with Gasteiger partial charge in [-0.15, -0.1) is 0 Å². The van der Waals surface area contributed by atoms with Gasteiger partial charge in [-0.25, -0.2) is 4.79 Å². The van der Waals surface area contributed by atoms with Crippen molar-refractivity contribution in [1.82, 2.24) is 14.7 Å². The van der Waals surface area contributed by atoms with Crippen LogP contribution in [0.1, 0.15) is 34.3 Å². The average Bonchev–Trinajstić information content (AvgIpc) is 2.77. The van der Waals surface area contributed by atoms with Crippen molar-refractivity contribution in [3.8, 4) is 0 Å². The third-order valence-corrected chi connectivity index (χ3v) is 2.80. The zero-order chi connectivity index (χ0) is 14.0. The summed E-state index contributed by atoms with van der Waals surface area (Å²) in [6, 6.07) is 1.50. The van der Waals surface area contributed by atoms with E-state index in [0.717, 1.165) is 5.57 Å². The summed E-state index contributed by atoms with van der Waals surface area (Å²) in [7, 11) is 3.74. The molecule has 0 N–H and O–H groups in total. The van der Waals surface area contributed by atoms with Crippen LogP contribution in [-0.2, 0) is 11.3 Å². The van der Waals surface area contributed by atoms with Crippen LogP contribution < -0.4 is 0 Å². The first-order valence-electron chi connectivity index (χ1n) is 6.19. The molecule has 0 saturated carbocycles. The minimum Gasteiger partial charge on any atom is -0.461 e. The number of allylic oxidation sites excluding steroid dienone is 1. The molecule has 0 aromatic carbocycles. The monoisotopic (exact) mass is 263 g/mol. The zero-order valence-corrected chi connectivity index (χ0v) is 11.3. The van der Waals surface area contributed by atoms with E-state index in [2.05, 4.69) is 5.10 Å². The van der Waals surface area contributed by atoms with Crippen molar-refractivity contribution < 1.29 is 14.3 Å². The number of ketones is 1. The summed E-state index contributed by atoms with van der Waals surface area (Å²) in [5.41, 5.74) is 1.37. The van der Waals surface area contributed by atoms with Crippen molar-refractivity contribution >= 4 is 11.8 Å². The largest absolute Gasteiger partial charge is 0.461 e. The van der Waals surface area contributed by atoms with E-state index in [4.69, 9.17) is 4.74 Å². The third kappa shape index (κ3) is 2.67. The number of hydrogen-bond acceptors (Lipinski definition) is 5. The van der Waals surface area contributed by atoms with Crippen LogP contribution >= 0.6 is 0 Å². The molecule has 0 unspecified atom stereocenters. The molecule has 6 heteroatoms. The highest BCUT2D eigenvalue weighted by molar-refractivity contribution is 6.09. The number of nitrogens with zero attached hydrogens (tertiary/aromatic N) is 3. The molecule has 0 bridgehead atoms. The van der Waals surface area contributed by atoms with E-state index in [-0.39, 0.29) is 11.5 Å². The summed E-state index contributed by atoms with van der Waals surface area (Å²) in [5, 5.41) is 4.11. The fourth-order valence-corrected chi connectivity index (χ4v) is 2.01. The number of Topliss-reactive ketones (excluding diaryl/α,β-unsaturated/α-hetero) is 1. The molecular weight excluding hydrogens is 246 g/mol. The smallest absolute Gasteiger partial charge is 0.358 e. The summed E-state index contributed by atoms with van der Waals surface area (Å²) < 4.78 is 6.45. The maximum absolute atomic E-state index is 12.2. The Balaban J connectivity index is 2.30. The Bertz CT molecular complexity index is 543. The minimum atomic E-state index is -0.490. The van der Waals surface area contributed by atoms with Crippen molar-refractivity contribution in [2.24, 2.45) is 0 Å². The molecule has 2 rings (SSSR count). The summed E-state index contributed by atoms with van der Waals surface area (Å²) in [4.78, 5) is 25.7. The first-order chi connectivity index (χ1) is 9.02. The molecule has 0 fully saturated rings. The molecule has 1 aromatic rings. The van der Waals surface area contributed by atoms with Crippen molar-refractivity contribution in [3.05, 3.63) is 29.2 Å². The number of aromatic nitrogens is 2. The lowest BCUT2D eigenvalue weighted by Crippen LogP contribution is -2.21. The lowest BCUT2D eigenvalue weighted by Gasteiger charge is -2.17. The van der Waals surface area contributed by atoms with Gasteiger partial charge in [0.25, 0.3) is 0 Å². The normalized spacial score (nSPS) is 16.4. The second kappa shape index (κ2) is 5.26. The van der Waals surface area contributed by atoms with Gasteiger partial charge in [-0.1, -0.05) is 0 Å². The minimum absolute atomic E-state index is 0.0806. The highest BCUT2D eigenvalue weighted by atomic mass is 16.5. The highest BCUT2D eigenvalue weighted by Crippen LogP contribution is 2.21. The standard InChI is InChI=1S/C13H17N3O3/c1-4-19-13(18)10-7-11-12(17)9(8-15(2)3)5-6-16(11)14-10/h7-8H,4-6H2,1-3H3/b9-8-. The fourth-order valence-electron chi connectivity index (χ4n) is 2.01. The number of ether oxygens (including phenoxy) is 1. The number of fused-ring (bicyclic) bond motifs is 1. The lowest BCUT2D eigenvalue weighted by atomic mass is 10.0. The average molecular weight is 263 g/mol. The van der Waals surface area contributed by atoms with Crippen molar-refractivity contribution in [2.75, 3.05) is 20.7 Å². The molecular formula is C13H17N3O3. The predicted octanol–water partition coefficient (Wildman–Crippen LogP) is 1.09. The van der Waals surface area contributed by atoms with Gasteiger partial charge in [0.15, 0.2) is 5.69 Å². The molecule has 0 atom stereocenters. The second-order valence-corrected chi connectivity index (χ2v) is 4.56. The Morgan fingerprint density at radius 3 is 2.95 bits per heavy atom. The highest BCUT2D eigenvalue weighted by Gasteiger charge is 2.26. The second-order valence-electron chi connectivity index (χ2n) is 4.56. The van der Waals surface area contributed by atoms with Crippen LogP contribution in [0.3, 0.4) is 0 Å². The molecule has 1 aliphatic heterocycles. The van der Waals surface area contributed by atoms with Crippen LogP contribution in [-0.4, -0.2) is 47.1 Å². The SMILES string of the molecule is CCOC(=O)c1cc2n(n1)CC/C(=C/N(C)C)C2=O. The Hall–Kier alpha value is -2.11. The Kier molecular flexibility index (Phi) is 3.69. The maximum Gasteiger partial charge on any atom is 0.358 e. The van der Waals surface area contributed by atoms with Gasteiger partial charge in [0, 0.05) is 38.5 Å². The molecule has 0 spiro atoms. The molecule has 102 valence electrons. The van der Waals surface area contributed by atoms with Gasteiger partial charge in [-0.3, -0.25) is 9.48 Å². The molecule has 0 amide bonds. The van der Waals surface area contributed by atoms with Gasteiger partial charge in [0.2, 0.25) is 5.78 Å². The van der Waals surface area contributed by atoms with Gasteiger partial charge in [0.05, 0.1) is 6.61 Å². The lowest BCUT2D eigenvalue weighted by molar-refractivity contribution is 0.0518. The summed E-state index contributed by atoms with van der Waals surface area (Å²) in [6.07, 6.45) is 2.43. The van der Waals surface area contributed by atoms with E-state index < -0.39 is 5.97 Å². The van der Waals surface area contributed by atoms with E-state index in [1.54, 1.807) is 11.6 Å². The number of rotatable bonds is 3. The van der Waals surface area contributed by atoms with Gasteiger partial charge in [-0.2, -0.15) is 5.10 Å². The number of hydrogen-bond donors (Lipinski definition) is 0. The number of aryl methyl sites for hydroxylation is 1. The van der Waals surface area contributed by atoms with Crippen LogP contribution in [0, 0.1) is 0 Å². The zero-order valence-electron chi connectivity index (χ0n) is 11.3. The van der Waals surface area contributed by atoms with Crippen molar-refractivity contribution in [2.45, 2.75) is 19.9 Å². The van der Waals surface area contributed by atoms with Gasteiger partial charge in [-0.05, 0) is 13.3 Å². The third-order valence-electron chi connectivity index (χ3n) is 2.80. The number of carbonyl (C=O) groups is 2. The maximum atomic E-state index is 12.2. The predicted molar refractivity (Wildman–Crippen MR) is 68.9 cm³/mol. The quantitative estimate of drug-likeness (QED) is 0.603. The first kappa shape index (κ1) is 13.3. The first-order valence-corrected chi connectivity index (χ1v) is 6.19. The van der Waals surface area contributed by atoms with Crippen LogP contribution in [0.25, 0.3) is 0 Å². The van der Waals surface area contributed by atoms with Crippen molar-refractivity contribution in [3.63, 3.8) is 0 Å². The van der Waals surface area contributed by atoms with Gasteiger partial charge < -0.3 is 9.64 Å². The summed E-state index contributed by atoms with van der Waals surface area (Å²) >= 11 is 0. The molecule has 0 aliphatic carbocycles. The van der Waals surface area contributed by atoms with Crippen LogP contribution in [0.2, 0.25) is 0 Å².